The van der Waals surface area contributed by atoms with Crippen molar-refractivity contribution in [1.29, 1.82) is 0 Å². The molecule has 2 rings (SSSR count). The van der Waals surface area contributed by atoms with Crippen molar-refractivity contribution in [2.24, 2.45) is 0 Å². The van der Waals surface area contributed by atoms with E-state index in [2.05, 4.69) is 32.9 Å². The molecule has 0 amide bonds. The summed E-state index contributed by atoms with van der Waals surface area (Å²) in [5.41, 5.74) is 2.19. The van der Waals surface area contributed by atoms with Crippen LogP contribution in [-0.4, -0.2) is 7.11 Å². The van der Waals surface area contributed by atoms with Crippen molar-refractivity contribution in [2.45, 2.75) is 65.1 Å². The Morgan fingerprint density at radius 3 is 2.19 bits per heavy atom. The van der Waals surface area contributed by atoms with Gasteiger partial charge in [0.25, 0.3) is 0 Å². The molecule has 0 N–H and O–H groups in total. The summed E-state index contributed by atoms with van der Waals surface area (Å²) in [5.74, 6) is 0. The van der Waals surface area contributed by atoms with Gasteiger partial charge < -0.3 is 4.74 Å². The lowest BCUT2D eigenvalue weighted by molar-refractivity contribution is 0.0199. The molecule has 1 unspecified atom stereocenters. The molecule has 0 aromatic heterocycles. The largest absolute Gasteiger partial charge is 0.550 e. The fourth-order valence-corrected chi connectivity index (χ4v) is 4.26. The van der Waals surface area contributed by atoms with Gasteiger partial charge in [-0.15, -0.1) is 4.52 Å². The monoisotopic (exact) mass is 309 g/mol. The van der Waals surface area contributed by atoms with E-state index >= 15 is 0 Å². The van der Waals surface area contributed by atoms with Crippen molar-refractivity contribution < 1.29 is 13.8 Å². The van der Waals surface area contributed by atoms with E-state index in [1.54, 1.807) is 7.11 Å². The molecule has 1 aromatic carbocycles. The lowest BCUT2D eigenvalue weighted by Crippen LogP contribution is -2.30. The molecule has 0 bridgehead atoms. The molecule has 1 aromatic rings. The SMILES string of the molecule is COC(C)(C)c1cc(C(C)(C)C)cc2c1[P+](=O)OC2(C)C. The highest BCUT2D eigenvalue weighted by atomic mass is 31.1. The fraction of sp³-hybridized carbons (Fsp3) is 0.647. The van der Waals surface area contributed by atoms with Crippen LogP contribution in [0.15, 0.2) is 12.1 Å². The molecule has 0 fully saturated rings. The molecule has 1 atom stereocenters. The normalized spacial score (nSPS) is 19.7. The quantitative estimate of drug-likeness (QED) is 0.755. The van der Waals surface area contributed by atoms with Gasteiger partial charge in [0.05, 0.1) is 5.60 Å². The standard InChI is InChI=1S/C17H26O3P/c1-15(2,3)11-9-12(16(4,5)19-8)14-13(10-11)17(6,7)20-21(14)18/h9-10H,1-8H3/q+1. The van der Waals surface area contributed by atoms with Crippen LogP contribution in [0.3, 0.4) is 0 Å². The van der Waals surface area contributed by atoms with E-state index in [0.717, 1.165) is 16.4 Å². The molecule has 0 spiro atoms. The van der Waals surface area contributed by atoms with Gasteiger partial charge in [-0.2, -0.15) is 0 Å². The Kier molecular flexibility index (Phi) is 3.85. The Hall–Kier alpha value is -0.760. The molecule has 21 heavy (non-hydrogen) atoms. The summed E-state index contributed by atoms with van der Waals surface area (Å²) in [7, 11) is -0.153. The summed E-state index contributed by atoms with van der Waals surface area (Å²) in [6, 6.07) is 4.27. The molecule has 1 aliphatic rings. The van der Waals surface area contributed by atoms with Crippen LogP contribution >= 0.6 is 8.03 Å². The van der Waals surface area contributed by atoms with Crippen molar-refractivity contribution >= 4 is 13.3 Å². The minimum atomic E-state index is -1.84. The average Bonchev–Trinajstić information content (AvgIpc) is 2.58. The first-order valence-electron chi connectivity index (χ1n) is 7.31. The second kappa shape index (κ2) is 4.87. The average molecular weight is 309 g/mol. The molecule has 0 saturated heterocycles. The summed E-state index contributed by atoms with van der Waals surface area (Å²) in [6.07, 6.45) is 0. The van der Waals surface area contributed by atoms with E-state index in [1.165, 1.54) is 5.56 Å². The van der Waals surface area contributed by atoms with E-state index < -0.39 is 19.2 Å². The number of hydrogen-bond donors (Lipinski definition) is 0. The van der Waals surface area contributed by atoms with E-state index in [0.29, 0.717) is 0 Å². The molecule has 116 valence electrons. The predicted molar refractivity (Wildman–Crippen MR) is 86.5 cm³/mol. The maximum Gasteiger partial charge on any atom is 0.550 e. The third-order valence-corrected chi connectivity index (χ3v) is 5.75. The number of benzene rings is 1. The van der Waals surface area contributed by atoms with E-state index in [1.807, 2.05) is 27.7 Å². The topological polar surface area (TPSA) is 35.5 Å². The highest BCUT2D eigenvalue weighted by Gasteiger charge is 2.52. The van der Waals surface area contributed by atoms with Crippen LogP contribution in [-0.2, 0) is 30.4 Å². The Bertz CT molecular complexity index is 595. The van der Waals surface area contributed by atoms with Gasteiger partial charge in [0.15, 0.2) is 0 Å². The Morgan fingerprint density at radius 2 is 1.71 bits per heavy atom. The van der Waals surface area contributed by atoms with Crippen molar-refractivity contribution in [2.75, 3.05) is 7.11 Å². The van der Waals surface area contributed by atoms with Crippen LogP contribution < -0.4 is 5.30 Å². The second-order valence-corrected chi connectivity index (χ2v) is 8.89. The Morgan fingerprint density at radius 1 is 1.14 bits per heavy atom. The van der Waals surface area contributed by atoms with Gasteiger partial charge in [-0.3, -0.25) is 0 Å². The maximum atomic E-state index is 12.5. The summed E-state index contributed by atoms with van der Waals surface area (Å²) < 4.78 is 23.9. The summed E-state index contributed by atoms with van der Waals surface area (Å²) in [6.45, 7) is 14.5. The molecule has 0 aliphatic carbocycles. The summed E-state index contributed by atoms with van der Waals surface area (Å²) in [5, 5.41) is 0.815. The Balaban J connectivity index is 2.82. The predicted octanol–water partition coefficient (Wildman–Crippen LogP) is 4.50. The zero-order chi connectivity index (χ0) is 16.2. The molecule has 3 nitrogen and oxygen atoms in total. The van der Waals surface area contributed by atoms with Gasteiger partial charge in [-0.25, -0.2) is 0 Å². The molecule has 0 saturated carbocycles. The van der Waals surface area contributed by atoms with Crippen molar-refractivity contribution in [3.63, 3.8) is 0 Å². The fourth-order valence-electron chi connectivity index (χ4n) is 2.59. The van der Waals surface area contributed by atoms with Gasteiger partial charge in [0, 0.05) is 18.2 Å². The first-order valence-corrected chi connectivity index (χ1v) is 8.49. The van der Waals surface area contributed by atoms with Gasteiger partial charge in [-0.1, -0.05) is 20.8 Å². The number of rotatable bonds is 2. The zero-order valence-electron chi connectivity index (χ0n) is 14.3. The molecular formula is C17H26O3P+. The van der Waals surface area contributed by atoms with Crippen LogP contribution in [0.2, 0.25) is 0 Å². The van der Waals surface area contributed by atoms with Gasteiger partial charge in [-0.05, 0) is 55.4 Å². The van der Waals surface area contributed by atoms with Crippen LogP contribution in [0.1, 0.15) is 65.2 Å². The van der Waals surface area contributed by atoms with E-state index in [9.17, 15) is 4.57 Å². The summed E-state index contributed by atoms with van der Waals surface area (Å²) in [4.78, 5) is 0. The van der Waals surface area contributed by atoms with Gasteiger partial charge >= 0.3 is 8.03 Å². The molecular weight excluding hydrogens is 283 g/mol. The van der Waals surface area contributed by atoms with Gasteiger partial charge in [0.2, 0.25) is 5.30 Å². The highest BCUT2D eigenvalue weighted by molar-refractivity contribution is 7.49. The van der Waals surface area contributed by atoms with Crippen molar-refractivity contribution in [1.82, 2.24) is 0 Å². The smallest absolute Gasteiger partial charge is 0.374 e. The second-order valence-electron chi connectivity index (χ2n) is 7.74. The number of ether oxygens (including phenoxy) is 1. The molecule has 1 aliphatic heterocycles. The van der Waals surface area contributed by atoms with Crippen molar-refractivity contribution in [3.8, 4) is 0 Å². The third-order valence-electron chi connectivity index (χ3n) is 4.28. The lowest BCUT2D eigenvalue weighted by Gasteiger charge is -2.27. The van der Waals surface area contributed by atoms with Crippen molar-refractivity contribution in [3.05, 3.63) is 28.8 Å². The first kappa shape index (κ1) is 16.6. The van der Waals surface area contributed by atoms with Crippen LogP contribution in [0.4, 0.5) is 0 Å². The molecule has 1 heterocycles. The van der Waals surface area contributed by atoms with E-state index in [-0.39, 0.29) is 5.41 Å². The summed E-state index contributed by atoms with van der Waals surface area (Å²) >= 11 is 0. The van der Waals surface area contributed by atoms with Crippen LogP contribution in [0, 0.1) is 0 Å². The van der Waals surface area contributed by atoms with E-state index in [4.69, 9.17) is 9.26 Å². The first-order chi connectivity index (χ1) is 9.40. The minimum absolute atomic E-state index is 0.0118. The van der Waals surface area contributed by atoms with Gasteiger partial charge in [0.1, 0.15) is 5.60 Å². The number of methoxy groups -OCH3 is 1. The molecule has 4 heteroatoms. The number of fused-ring (bicyclic) bond motifs is 1. The minimum Gasteiger partial charge on any atom is -0.374 e. The third kappa shape index (κ3) is 2.79. The molecule has 0 radical (unpaired) electrons. The lowest BCUT2D eigenvalue weighted by atomic mass is 9.80. The zero-order valence-corrected chi connectivity index (χ0v) is 15.2. The van der Waals surface area contributed by atoms with Crippen LogP contribution in [0.5, 0.6) is 0 Å². The number of hydrogen-bond acceptors (Lipinski definition) is 3. The van der Waals surface area contributed by atoms with Crippen LogP contribution in [0.25, 0.3) is 0 Å². The Labute approximate surface area is 128 Å². The highest BCUT2D eigenvalue weighted by Crippen LogP contribution is 2.48. The maximum absolute atomic E-state index is 12.5.